The van der Waals surface area contributed by atoms with Gasteiger partial charge in [-0.3, -0.25) is 0 Å². The van der Waals surface area contributed by atoms with E-state index < -0.39 is 11.6 Å². The minimum atomic E-state index is -0.747. The summed E-state index contributed by atoms with van der Waals surface area (Å²) in [6.07, 6.45) is 1.26. The zero-order valence-corrected chi connectivity index (χ0v) is 12.3. The predicted octanol–water partition coefficient (Wildman–Crippen LogP) is 3.31. The third-order valence-electron chi connectivity index (χ3n) is 2.50. The lowest BCUT2D eigenvalue weighted by Gasteiger charge is -2.13. The standard InChI is InChI=1S/C12H11BrF2N4O/c1-16-11-10(20-2)12(18-5-17-11)19-9-7(14)3-6(13)4-8(9)15/h3-5H,1-2H3,(H2,16,17,18,19). The summed E-state index contributed by atoms with van der Waals surface area (Å²) in [5.74, 6) is -0.668. The molecule has 0 radical (unpaired) electrons. The average molecular weight is 345 g/mol. The Labute approximate surface area is 122 Å². The Kier molecular flexibility index (Phi) is 4.33. The number of nitrogens with zero attached hydrogens (tertiary/aromatic N) is 2. The number of ether oxygens (including phenoxy) is 1. The zero-order chi connectivity index (χ0) is 14.7. The van der Waals surface area contributed by atoms with Gasteiger partial charge in [0.2, 0.25) is 5.75 Å². The van der Waals surface area contributed by atoms with Crippen molar-refractivity contribution in [1.29, 1.82) is 0 Å². The van der Waals surface area contributed by atoms with Crippen LogP contribution in [0.1, 0.15) is 0 Å². The molecular weight excluding hydrogens is 334 g/mol. The molecule has 0 aliphatic heterocycles. The first-order chi connectivity index (χ1) is 9.56. The van der Waals surface area contributed by atoms with Gasteiger partial charge in [0.05, 0.1) is 7.11 Å². The van der Waals surface area contributed by atoms with Gasteiger partial charge < -0.3 is 15.4 Å². The molecule has 2 rings (SSSR count). The van der Waals surface area contributed by atoms with Crippen molar-refractivity contribution >= 4 is 33.3 Å². The molecule has 0 unspecified atom stereocenters. The Morgan fingerprint density at radius 1 is 1.15 bits per heavy atom. The molecule has 1 heterocycles. The van der Waals surface area contributed by atoms with E-state index in [9.17, 15) is 8.78 Å². The molecule has 0 spiro atoms. The van der Waals surface area contributed by atoms with Gasteiger partial charge in [0.1, 0.15) is 12.0 Å². The van der Waals surface area contributed by atoms with Gasteiger partial charge >= 0.3 is 0 Å². The van der Waals surface area contributed by atoms with Crippen LogP contribution in [0.4, 0.5) is 26.1 Å². The van der Waals surface area contributed by atoms with Crippen LogP contribution in [0.5, 0.6) is 5.75 Å². The minimum Gasteiger partial charge on any atom is -0.490 e. The highest BCUT2D eigenvalue weighted by Gasteiger charge is 2.16. The molecule has 5 nitrogen and oxygen atoms in total. The van der Waals surface area contributed by atoms with Crippen molar-refractivity contribution in [2.24, 2.45) is 0 Å². The van der Waals surface area contributed by atoms with Gasteiger partial charge in [-0.1, -0.05) is 15.9 Å². The van der Waals surface area contributed by atoms with Crippen LogP contribution < -0.4 is 15.4 Å². The van der Waals surface area contributed by atoms with Crippen molar-refractivity contribution < 1.29 is 13.5 Å². The van der Waals surface area contributed by atoms with Crippen LogP contribution in [0.15, 0.2) is 22.9 Å². The highest BCUT2D eigenvalue weighted by atomic mass is 79.9. The number of anilines is 3. The summed E-state index contributed by atoms with van der Waals surface area (Å²) in [7, 11) is 3.06. The Balaban J connectivity index is 2.45. The predicted molar refractivity (Wildman–Crippen MR) is 75.5 cm³/mol. The van der Waals surface area contributed by atoms with E-state index in [1.165, 1.54) is 13.4 Å². The van der Waals surface area contributed by atoms with E-state index in [1.807, 2.05) is 0 Å². The lowest BCUT2D eigenvalue weighted by atomic mass is 10.3. The smallest absolute Gasteiger partial charge is 0.204 e. The van der Waals surface area contributed by atoms with E-state index in [0.29, 0.717) is 10.3 Å². The molecule has 0 atom stereocenters. The van der Waals surface area contributed by atoms with Crippen LogP contribution >= 0.6 is 15.9 Å². The minimum absolute atomic E-state index is 0.159. The third kappa shape index (κ3) is 2.79. The van der Waals surface area contributed by atoms with E-state index in [0.717, 1.165) is 12.1 Å². The van der Waals surface area contributed by atoms with E-state index in [1.54, 1.807) is 7.05 Å². The number of rotatable bonds is 4. The summed E-state index contributed by atoms with van der Waals surface area (Å²) < 4.78 is 33.0. The fourth-order valence-electron chi connectivity index (χ4n) is 1.61. The van der Waals surface area contributed by atoms with Crippen LogP contribution in [0.2, 0.25) is 0 Å². The van der Waals surface area contributed by atoms with Gasteiger partial charge in [-0.25, -0.2) is 18.7 Å². The molecule has 2 N–H and O–H groups in total. The zero-order valence-electron chi connectivity index (χ0n) is 10.7. The van der Waals surface area contributed by atoms with E-state index in [2.05, 4.69) is 36.5 Å². The van der Waals surface area contributed by atoms with Gasteiger partial charge in [-0.15, -0.1) is 0 Å². The second-order valence-electron chi connectivity index (χ2n) is 3.72. The molecule has 20 heavy (non-hydrogen) atoms. The first kappa shape index (κ1) is 14.4. The molecule has 1 aromatic heterocycles. The van der Waals surface area contributed by atoms with Crippen molar-refractivity contribution in [2.75, 3.05) is 24.8 Å². The van der Waals surface area contributed by atoms with E-state index >= 15 is 0 Å². The van der Waals surface area contributed by atoms with Gasteiger partial charge in [-0.2, -0.15) is 0 Å². The topological polar surface area (TPSA) is 59.1 Å². The number of methoxy groups -OCH3 is 1. The molecule has 106 valence electrons. The van der Waals surface area contributed by atoms with Crippen molar-refractivity contribution in [3.8, 4) is 5.75 Å². The Hall–Kier alpha value is -1.96. The van der Waals surface area contributed by atoms with Gasteiger partial charge in [0.15, 0.2) is 23.3 Å². The molecule has 0 amide bonds. The highest BCUT2D eigenvalue weighted by molar-refractivity contribution is 9.10. The first-order valence-electron chi connectivity index (χ1n) is 5.55. The number of halogens is 3. The van der Waals surface area contributed by atoms with Crippen molar-refractivity contribution in [2.45, 2.75) is 0 Å². The maximum absolute atomic E-state index is 13.8. The Morgan fingerprint density at radius 2 is 1.75 bits per heavy atom. The Morgan fingerprint density at radius 3 is 2.30 bits per heavy atom. The van der Waals surface area contributed by atoms with E-state index in [-0.39, 0.29) is 17.3 Å². The summed E-state index contributed by atoms with van der Waals surface area (Å²) in [4.78, 5) is 7.87. The summed E-state index contributed by atoms with van der Waals surface area (Å²) in [5.41, 5.74) is -0.313. The van der Waals surface area contributed by atoms with Crippen molar-refractivity contribution in [1.82, 2.24) is 9.97 Å². The van der Waals surface area contributed by atoms with Crippen LogP contribution in [0, 0.1) is 11.6 Å². The summed E-state index contributed by atoms with van der Waals surface area (Å²) in [6.45, 7) is 0. The molecule has 0 bridgehead atoms. The molecule has 0 fully saturated rings. The van der Waals surface area contributed by atoms with Crippen LogP contribution in [0.3, 0.4) is 0 Å². The number of benzene rings is 1. The van der Waals surface area contributed by atoms with Gasteiger partial charge in [0, 0.05) is 11.5 Å². The molecule has 0 aliphatic carbocycles. The van der Waals surface area contributed by atoms with Crippen molar-refractivity contribution in [3.05, 3.63) is 34.6 Å². The van der Waals surface area contributed by atoms with Gasteiger partial charge in [0.25, 0.3) is 0 Å². The second kappa shape index (κ2) is 6.00. The molecule has 2 aromatic rings. The molecular formula is C12H11BrF2N4O. The monoisotopic (exact) mass is 344 g/mol. The fourth-order valence-corrected chi connectivity index (χ4v) is 2.02. The lowest BCUT2D eigenvalue weighted by Crippen LogP contribution is -2.05. The quantitative estimate of drug-likeness (QED) is 0.890. The fraction of sp³-hybridized carbons (Fsp3) is 0.167. The molecule has 1 aromatic carbocycles. The normalized spacial score (nSPS) is 10.2. The molecule has 0 aliphatic rings. The number of nitrogens with one attached hydrogen (secondary N) is 2. The van der Waals surface area contributed by atoms with E-state index in [4.69, 9.17) is 4.74 Å². The highest BCUT2D eigenvalue weighted by Crippen LogP contribution is 2.33. The maximum Gasteiger partial charge on any atom is 0.204 e. The van der Waals surface area contributed by atoms with Gasteiger partial charge in [-0.05, 0) is 12.1 Å². The molecule has 0 saturated heterocycles. The summed E-state index contributed by atoms with van der Waals surface area (Å²) in [5, 5.41) is 5.37. The number of hydrogen-bond donors (Lipinski definition) is 2. The lowest BCUT2D eigenvalue weighted by molar-refractivity contribution is 0.415. The molecule has 0 saturated carbocycles. The third-order valence-corrected chi connectivity index (χ3v) is 2.95. The second-order valence-corrected chi connectivity index (χ2v) is 4.64. The summed E-state index contributed by atoms with van der Waals surface area (Å²) >= 11 is 3.02. The van der Waals surface area contributed by atoms with Crippen LogP contribution in [0.25, 0.3) is 0 Å². The summed E-state index contributed by atoms with van der Waals surface area (Å²) in [6, 6.07) is 2.30. The Bertz CT molecular complexity index is 616. The first-order valence-corrected chi connectivity index (χ1v) is 6.34. The SMILES string of the molecule is CNc1ncnc(Nc2c(F)cc(Br)cc2F)c1OC. The number of hydrogen-bond acceptors (Lipinski definition) is 5. The number of aromatic nitrogens is 2. The molecule has 8 heteroatoms. The van der Waals surface area contributed by atoms with Crippen LogP contribution in [-0.4, -0.2) is 24.1 Å². The van der Waals surface area contributed by atoms with Crippen molar-refractivity contribution in [3.63, 3.8) is 0 Å². The maximum atomic E-state index is 13.8. The average Bonchev–Trinajstić information content (AvgIpc) is 2.42. The van der Waals surface area contributed by atoms with Crippen LogP contribution in [-0.2, 0) is 0 Å². The largest absolute Gasteiger partial charge is 0.490 e.